The second kappa shape index (κ2) is 7.36. The number of nitrogens with one attached hydrogen (secondary N) is 1. The van der Waals surface area contributed by atoms with E-state index in [-0.39, 0.29) is 17.6 Å². The molecule has 112 valence electrons. The molecule has 0 spiro atoms. The Hall–Kier alpha value is -1.46. The van der Waals surface area contributed by atoms with Crippen molar-refractivity contribution in [3.8, 4) is 0 Å². The minimum absolute atomic E-state index is 0.0146. The van der Waals surface area contributed by atoms with Gasteiger partial charge in [0.1, 0.15) is 5.82 Å². The van der Waals surface area contributed by atoms with Gasteiger partial charge in [-0.25, -0.2) is 9.18 Å². The topological polar surface area (TPSA) is 58.6 Å². The Kier molecular flexibility index (Phi) is 6.10. The zero-order chi connectivity index (χ0) is 15.2. The maximum Gasteiger partial charge on any atom is 0.340 e. The molecule has 0 fully saturated rings. The Balaban J connectivity index is 2.58. The maximum atomic E-state index is 13.7. The van der Waals surface area contributed by atoms with E-state index in [0.717, 1.165) is 5.56 Å². The van der Waals surface area contributed by atoms with Gasteiger partial charge in [0.2, 0.25) is 0 Å². The van der Waals surface area contributed by atoms with Crippen molar-refractivity contribution in [2.24, 2.45) is 5.41 Å². The number of carbonyl (C=O) groups is 1. The largest absolute Gasteiger partial charge is 0.465 e. The van der Waals surface area contributed by atoms with Gasteiger partial charge in [0.15, 0.2) is 0 Å². The number of carbonyl (C=O) groups excluding carboxylic acids is 1. The van der Waals surface area contributed by atoms with Crippen LogP contribution >= 0.6 is 0 Å². The van der Waals surface area contributed by atoms with Crippen molar-refractivity contribution in [2.75, 3.05) is 20.3 Å². The van der Waals surface area contributed by atoms with E-state index in [1.54, 1.807) is 6.07 Å². The first-order valence-electron chi connectivity index (χ1n) is 6.58. The Bertz CT molecular complexity index is 460. The van der Waals surface area contributed by atoms with Gasteiger partial charge in [-0.05, 0) is 29.5 Å². The molecule has 4 nitrogen and oxygen atoms in total. The number of hydrogen-bond donors (Lipinski definition) is 2. The fourth-order valence-corrected chi connectivity index (χ4v) is 1.88. The van der Waals surface area contributed by atoms with Gasteiger partial charge < -0.3 is 15.2 Å². The first-order chi connectivity index (χ1) is 9.39. The molecule has 20 heavy (non-hydrogen) atoms. The standard InChI is InChI=1S/C15H22FNO3/c1-15(2,6-7-18)10-17-9-11-4-5-12(13(16)8-11)14(19)20-3/h4-5,8,17-18H,6-7,9-10H2,1-3H3. The van der Waals surface area contributed by atoms with E-state index in [1.807, 2.05) is 0 Å². The van der Waals surface area contributed by atoms with Crippen LogP contribution in [0.3, 0.4) is 0 Å². The minimum Gasteiger partial charge on any atom is -0.465 e. The van der Waals surface area contributed by atoms with Gasteiger partial charge in [-0.15, -0.1) is 0 Å². The van der Waals surface area contributed by atoms with Crippen molar-refractivity contribution < 1.29 is 19.0 Å². The Morgan fingerprint density at radius 3 is 2.70 bits per heavy atom. The van der Waals surface area contributed by atoms with Crippen LogP contribution in [0.2, 0.25) is 0 Å². The summed E-state index contributed by atoms with van der Waals surface area (Å²) in [6, 6.07) is 4.46. The molecular weight excluding hydrogens is 261 g/mol. The minimum atomic E-state index is -0.675. The molecule has 1 aromatic carbocycles. The van der Waals surface area contributed by atoms with Crippen LogP contribution in [0.5, 0.6) is 0 Å². The van der Waals surface area contributed by atoms with Gasteiger partial charge in [0.25, 0.3) is 0 Å². The Morgan fingerprint density at radius 1 is 1.45 bits per heavy atom. The van der Waals surface area contributed by atoms with Crippen LogP contribution in [0, 0.1) is 11.2 Å². The first-order valence-corrected chi connectivity index (χ1v) is 6.58. The lowest BCUT2D eigenvalue weighted by Crippen LogP contribution is -2.29. The van der Waals surface area contributed by atoms with E-state index in [9.17, 15) is 9.18 Å². The smallest absolute Gasteiger partial charge is 0.340 e. The summed E-state index contributed by atoms with van der Waals surface area (Å²) < 4.78 is 18.2. The second-order valence-electron chi connectivity index (χ2n) is 5.55. The summed E-state index contributed by atoms with van der Waals surface area (Å²) in [4.78, 5) is 11.3. The zero-order valence-corrected chi connectivity index (χ0v) is 12.2. The van der Waals surface area contributed by atoms with Crippen molar-refractivity contribution in [1.29, 1.82) is 0 Å². The first kappa shape index (κ1) is 16.6. The SMILES string of the molecule is COC(=O)c1ccc(CNCC(C)(C)CCO)cc1F. The molecular formula is C15H22FNO3. The monoisotopic (exact) mass is 283 g/mol. The number of esters is 1. The molecule has 0 heterocycles. The van der Waals surface area contributed by atoms with Gasteiger partial charge in [-0.2, -0.15) is 0 Å². The summed E-state index contributed by atoms with van der Waals surface area (Å²) in [7, 11) is 1.22. The molecule has 5 heteroatoms. The van der Waals surface area contributed by atoms with Crippen molar-refractivity contribution in [3.63, 3.8) is 0 Å². The second-order valence-corrected chi connectivity index (χ2v) is 5.55. The van der Waals surface area contributed by atoms with E-state index in [4.69, 9.17) is 5.11 Å². The van der Waals surface area contributed by atoms with Crippen LogP contribution in [-0.4, -0.2) is 31.3 Å². The van der Waals surface area contributed by atoms with Crippen LogP contribution in [0.25, 0.3) is 0 Å². The van der Waals surface area contributed by atoms with E-state index >= 15 is 0 Å². The molecule has 0 unspecified atom stereocenters. The number of methoxy groups -OCH3 is 1. The molecule has 0 aromatic heterocycles. The number of rotatable bonds is 7. The van der Waals surface area contributed by atoms with E-state index < -0.39 is 11.8 Å². The lowest BCUT2D eigenvalue weighted by molar-refractivity contribution is 0.0595. The fourth-order valence-electron chi connectivity index (χ4n) is 1.88. The van der Waals surface area contributed by atoms with Crippen molar-refractivity contribution in [2.45, 2.75) is 26.8 Å². The van der Waals surface area contributed by atoms with Gasteiger partial charge in [-0.1, -0.05) is 19.9 Å². The van der Waals surface area contributed by atoms with Crippen molar-refractivity contribution in [3.05, 3.63) is 35.1 Å². The van der Waals surface area contributed by atoms with Crippen LogP contribution in [-0.2, 0) is 11.3 Å². The molecule has 2 N–H and O–H groups in total. The summed E-state index contributed by atoms with van der Waals surface area (Å²) in [6.45, 7) is 5.48. The van der Waals surface area contributed by atoms with Crippen molar-refractivity contribution in [1.82, 2.24) is 5.32 Å². The predicted octanol–water partition coefficient (Wildman–Crippen LogP) is 2.11. The quantitative estimate of drug-likeness (QED) is 0.753. The molecule has 1 rings (SSSR count). The molecule has 0 atom stereocenters. The highest BCUT2D eigenvalue weighted by molar-refractivity contribution is 5.89. The van der Waals surface area contributed by atoms with Crippen LogP contribution in [0.15, 0.2) is 18.2 Å². The third-order valence-corrected chi connectivity index (χ3v) is 3.16. The number of benzene rings is 1. The molecule has 1 aromatic rings. The van der Waals surface area contributed by atoms with Gasteiger partial charge in [0, 0.05) is 19.7 Å². The molecule has 0 amide bonds. The lowest BCUT2D eigenvalue weighted by Gasteiger charge is -2.24. The third kappa shape index (κ3) is 4.90. The lowest BCUT2D eigenvalue weighted by atomic mass is 9.90. The highest BCUT2D eigenvalue weighted by atomic mass is 19.1. The summed E-state index contributed by atoms with van der Waals surface area (Å²) in [5, 5.41) is 12.2. The van der Waals surface area contributed by atoms with Crippen LogP contribution in [0.4, 0.5) is 4.39 Å². The highest BCUT2D eigenvalue weighted by Crippen LogP contribution is 2.18. The number of halogens is 1. The van der Waals surface area contributed by atoms with Gasteiger partial charge in [0.05, 0.1) is 12.7 Å². The van der Waals surface area contributed by atoms with E-state index in [1.165, 1.54) is 19.2 Å². The van der Waals surface area contributed by atoms with Gasteiger partial charge >= 0.3 is 5.97 Å². The molecule has 0 aliphatic carbocycles. The normalized spacial score (nSPS) is 11.4. The average molecular weight is 283 g/mol. The zero-order valence-electron chi connectivity index (χ0n) is 12.2. The molecule has 0 radical (unpaired) electrons. The summed E-state index contributed by atoms with van der Waals surface area (Å²) in [6.07, 6.45) is 0.704. The fraction of sp³-hybridized carbons (Fsp3) is 0.533. The highest BCUT2D eigenvalue weighted by Gasteiger charge is 2.17. The van der Waals surface area contributed by atoms with Crippen LogP contribution in [0.1, 0.15) is 36.2 Å². The van der Waals surface area contributed by atoms with Crippen molar-refractivity contribution >= 4 is 5.97 Å². The average Bonchev–Trinajstić information content (AvgIpc) is 2.37. The third-order valence-electron chi connectivity index (χ3n) is 3.16. The molecule has 0 bridgehead atoms. The number of aliphatic hydroxyl groups excluding tert-OH is 1. The molecule has 0 aliphatic heterocycles. The Morgan fingerprint density at radius 2 is 2.15 bits per heavy atom. The molecule has 0 saturated heterocycles. The van der Waals surface area contributed by atoms with E-state index in [0.29, 0.717) is 19.5 Å². The number of hydrogen-bond acceptors (Lipinski definition) is 4. The molecule has 0 saturated carbocycles. The van der Waals surface area contributed by atoms with E-state index in [2.05, 4.69) is 23.9 Å². The maximum absolute atomic E-state index is 13.7. The van der Waals surface area contributed by atoms with Crippen LogP contribution < -0.4 is 5.32 Å². The number of ether oxygens (including phenoxy) is 1. The van der Waals surface area contributed by atoms with Gasteiger partial charge in [-0.3, -0.25) is 0 Å². The summed E-state index contributed by atoms with van der Waals surface area (Å²) >= 11 is 0. The Labute approximate surface area is 119 Å². The number of aliphatic hydroxyl groups is 1. The predicted molar refractivity (Wildman–Crippen MR) is 74.9 cm³/mol. The molecule has 0 aliphatic rings. The summed E-state index contributed by atoms with van der Waals surface area (Å²) in [5.74, 6) is -1.25. The summed E-state index contributed by atoms with van der Waals surface area (Å²) in [5.41, 5.74) is 0.686.